The van der Waals surface area contributed by atoms with E-state index in [1.165, 1.54) is 0 Å². The number of aryl methyl sites for hydroxylation is 2. The average Bonchev–Trinajstić information content (AvgIpc) is 2.72. The van der Waals surface area contributed by atoms with Crippen LogP contribution in [0.5, 0.6) is 0 Å². The summed E-state index contributed by atoms with van der Waals surface area (Å²) in [6, 6.07) is 1.94. The van der Waals surface area contributed by atoms with Crippen molar-refractivity contribution in [1.82, 2.24) is 15.0 Å². The van der Waals surface area contributed by atoms with Gasteiger partial charge in [-0.25, -0.2) is 4.68 Å². The molecule has 74 valence electrons. The molecule has 0 unspecified atom stereocenters. The number of rotatable bonds is 3. The molecular weight excluding hydrogens is 180 g/mol. The Balaban J connectivity index is 2.02. The molecule has 0 saturated heterocycles. The Labute approximate surface area is 81.7 Å². The van der Waals surface area contributed by atoms with E-state index in [0.717, 1.165) is 17.1 Å². The van der Waals surface area contributed by atoms with E-state index in [1.807, 2.05) is 20.0 Å². The topological polar surface area (TPSA) is 55.9 Å². The first-order chi connectivity index (χ1) is 6.77. The number of anilines is 1. The molecule has 0 spiro atoms. The maximum atomic E-state index is 5.29. The van der Waals surface area contributed by atoms with E-state index in [4.69, 9.17) is 4.42 Å². The van der Waals surface area contributed by atoms with Crippen molar-refractivity contribution in [3.05, 3.63) is 29.9 Å². The lowest BCUT2D eigenvalue weighted by molar-refractivity contribution is 0.514. The highest BCUT2D eigenvalue weighted by molar-refractivity contribution is 5.32. The molecule has 5 nitrogen and oxygen atoms in total. The van der Waals surface area contributed by atoms with Crippen LogP contribution >= 0.6 is 0 Å². The molecule has 0 aliphatic carbocycles. The van der Waals surface area contributed by atoms with Gasteiger partial charge in [0.1, 0.15) is 11.6 Å². The van der Waals surface area contributed by atoms with Gasteiger partial charge in [-0.15, -0.1) is 5.10 Å². The van der Waals surface area contributed by atoms with Crippen molar-refractivity contribution in [3.63, 3.8) is 0 Å². The molecule has 2 aromatic heterocycles. The van der Waals surface area contributed by atoms with Gasteiger partial charge in [-0.3, -0.25) is 0 Å². The molecule has 0 fully saturated rings. The first-order valence-corrected chi connectivity index (χ1v) is 4.39. The molecule has 14 heavy (non-hydrogen) atoms. The fourth-order valence-electron chi connectivity index (χ4n) is 1.21. The number of hydrogen-bond donors (Lipinski definition) is 1. The highest BCUT2D eigenvalue weighted by Gasteiger charge is 2.03. The molecule has 0 bridgehead atoms. The monoisotopic (exact) mass is 192 g/mol. The second-order valence-corrected chi connectivity index (χ2v) is 3.12. The zero-order valence-corrected chi connectivity index (χ0v) is 8.19. The third kappa shape index (κ3) is 1.61. The first-order valence-electron chi connectivity index (χ1n) is 4.39. The molecule has 0 radical (unpaired) electrons. The molecule has 5 heteroatoms. The Bertz CT molecular complexity index is 378. The second kappa shape index (κ2) is 3.53. The van der Waals surface area contributed by atoms with Crippen LogP contribution in [0.1, 0.15) is 11.3 Å². The number of aromatic nitrogens is 3. The summed E-state index contributed by atoms with van der Waals surface area (Å²) >= 11 is 0. The van der Waals surface area contributed by atoms with Gasteiger partial charge >= 0.3 is 0 Å². The minimum absolute atomic E-state index is 0.653. The Hall–Kier alpha value is -1.78. The Morgan fingerprint density at radius 2 is 2.43 bits per heavy atom. The van der Waals surface area contributed by atoms with Crippen LogP contribution in [0, 0.1) is 6.92 Å². The van der Waals surface area contributed by atoms with Gasteiger partial charge < -0.3 is 9.73 Å². The molecule has 0 amide bonds. The zero-order chi connectivity index (χ0) is 9.97. The van der Waals surface area contributed by atoms with Crippen molar-refractivity contribution in [2.45, 2.75) is 13.5 Å². The smallest absolute Gasteiger partial charge is 0.144 e. The third-order valence-electron chi connectivity index (χ3n) is 2.11. The van der Waals surface area contributed by atoms with Gasteiger partial charge in [0.05, 0.1) is 19.0 Å². The Morgan fingerprint density at radius 3 is 3.00 bits per heavy atom. The summed E-state index contributed by atoms with van der Waals surface area (Å²) in [6.45, 7) is 2.67. The highest BCUT2D eigenvalue weighted by Crippen LogP contribution is 2.11. The summed E-state index contributed by atoms with van der Waals surface area (Å²) in [5, 5.41) is 10.8. The molecule has 2 rings (SSSR count). The van der Waals surface area contributed by atoms with Gasteiger partial charge in [0, 0.05) is 7.05 Å². The summed E-state index contributed by atoms with van der Waals surface area (Å²) in [6.07, 6.45) is 3.37. The zero-order valence-electron chi connectivity index (χ0n) is 8.19. The van der Waals surface area contributed by atoms with E-state index in [1.54, 1.807) is 17.1 Å². The van der Waals surface area contributed by atoms with Gasteiger partial charge in [-0.05, 0) is 18.6 Å². The third-order valence-corrected chi connectivity index (χ3v) is 2.11. The summed E-state index contributed by atoms with van der Waals surface area (Å²) in [7, 11) is 1.84. The van der Waals surface area contributed by atoms with Gasteiger partial charge in [0.25, 0.3) is 0 Å². The van der Waals surface area contributed by atoms with Gasteiger partial charge in [-0.2, -0.15) is 0 Å². The Kier molecular flexibility index (Phi) is 2.22. The van der Waals surface area contributed by atoms with Crippen molar-refractivity contribution in [2.24, 2.45) is 7.05 Å². The van der Waals surface area contributed by atoms with Gasteiger partial charge in [0.2, 0.25) is 0 Å². The molecular formula is C9H12N4O. The lowest BCUT2D eigenvalue weighted by Crippen LogP contribution is -2.04. The maximum Gasteiger partial charge on any atom is 0.144 e. The van der Waals surface area contributed by atoms with E-state index >= 15 is 0 Å². The van der Waals surface area contributed by atoms with E-state index in [-0.39, 0.29) is 0 Å². The van der Waals surface area contributed by atoms with Crippen LogP contribution in [0.2, 0.25) is 0 Å². The number of nitrogens with one attached hydrogen (secondary N) is 1. The summed E-state index contributed by atoms with van der Waals surface area (Å²) in [5.41, 5.74) is 1.15. The van der Waals surface area contributed by atoms with Crippen LogP contribution < -0.4 is 5.32 Å². The Morgan fingerprint density at radius 1 is 1.57 bits per heavy atom. The first kappa shape index (κ1) is 8.80. The van der Waals surface area contributed by atoms with E-state index < -0.39 is 0 Å². The molecule has 0 atom stereocenters. The molecule has 1 N–H and O–H groups in total. The molecule has 0 saturated carbocycles. The molecule has 2 heterocycles. The van der Waals surface area contributed by atoms with Crippen LogP contribution in [0.15, 0.2) is 22.9 Å². The van der Waals surface area contributed by atoms with Crippen molar-refractivity contribution >= 4 is 5.82 Å². The number of furan rings is 1. The van der Waals surface area contributed by atoms with E-state index in [2.05, 4.69) is 15.6 Å². The number of nitrogens with zero attached hydrogens (tertiary/aromatic N) is 3. The maximum absolute atomic E-state index is 5.29. The van der Waals surface area contributed by atoms with Crippen molar-refractivity contribution in [3.8, 4) is 0 Å². The molecule has 2 aromatic rings. The van der Waals surface area contributed by atoms with E-state index in [9.17, 15) is 0 Å². The number of hydrogen-bond acceptors (Lipinski definition) is 4. The SMILES string of the molecule is Cc1ccoc1CNc1cnnn1C. The lowest BCUT2D eigenvalue weighted by atomic mass is 10.3. The molecule has 0 aromatic carbocycles. The minimum Gasteiger partial charge on any atom is -0.467 e. The lowest BCUT2D eigenvalue weighted by Gasteiger charge is -2.03. The standard InChI is InChI=1S/C9H12N4O/c1-7-3-4-14-8(7)5-10-9-6-11-12-13(9)2/h3-4,6,10H,5H2,1-2H3. The largest absolute Gasteiger partial charge is 0.467 e. The second-order valence-electron chi connectivity index (χ2n) is 3.12. The van der Waals surface area contributed by atoms with Gasteiger partial charge in [-0.1, -0.05) is 5.21 Å². The highest BCUT2D eigenvalue weighted by atomic mass is 16.3. The fourth-order valence-corrected chi connectivity index (χ4v) is 1.21. The van der Waals surface area contributed by atoms with Gasteiger partial charge in [0.15, 0.2) is 0 Å². The quantitative estimate of drug-likeness (QED) is 0.797. The summed E-state index contributed by atoms with van der Waals surface area (Å²) < 4.78 is 6.97. The summed E-state index contributed by atoms with van der Waals surface area (Å²) in [5.74, 6) is 1.81. The predicted octanol–water partition coefficient (Wildman–Crippen LogP) is 1.33. The van der Waals surface area contributed by atoms with Crippen molar-refractivity contribution in [1.29, 1.82) is 0 Å². The molecule has 0 aliphatic heterocycles. The molecule has 0 aliphatic rings. The van der Waals surface area contributed by atoms with Crippen LogP contribution in [-0.2, 0) is 13.6 Å². The fraction of sp³-hybridized carbons (Fsp3) is 0.333. The summed E-state index contributed by atoms with van der Waals surface area (Å²) in [4.78, 5) is 0. The average molecular weight is 192 g/mol. The van der Waals surface area contributed by atoms with Crippen LogP contribution in [0.3, 0.4) is 0 Å². The minimum atomic E-state index is 0.653. The van der Waals surface area contributed by atoms with Crippen molar-refractivity contribution < 1.29 is 4.42 Å². The van der Waals surface area contributed by atoms with Crippen molar-refractivity contribution in [2.75, 3.05) is 5.32 Å². The predicted molar refractivity (Wildman–Crippen MR) is 51.8 cm³/mol. The van der Waals surface area contributed by atoms with Crippen LogP contribution in [0.25, 0.3) is 0 Å². The normalized spacial score (nSPS) is 10.4. The van der Waals surface area contributed by atoms with Crippen LogP contribution in [-0.4, -0.2) is 15.0 Å². The van der Waals surface area contributed by atoms with E-state index in [0.29, 0.717) is 6.54 Å². The van der Waals surface area contributed by atoms with Crippen LogP contribution in [0.4, 0.5) is 5.82 Å².